The van der Waals surface area contributed by atoms with Crippen LogP contribution in [0.2, 0.25) is 0 Å². The minimum atomic E-state index is -0.216. The van der Waals surface area contributed by atoms with Gasteiger partial charge < -0.3 is 20.1 Å². The number of aliphatic hydroxyl groups excluding tert-OH is 1. The number of aryl methyl sites for hydroxylation is 3. The van der Waals surface area contributed by atoms with Crippen LogP contribution in [-0.2, 0) is 6.42 Å². The van der Waals surface area contributed by atoms with Gasteiger partial charge in [-0.15, -0.1) is 0 Å². The van der Waals surface area contributed by atoms with Gasteiger partial charge in [0.2, 0.25) is 0 Å². The number of carbonyl (C=O) groups excluding carboxylic acids is 1. The quantitative estimate of drug-likeness (QED) is 0.587. The van der Waals surface area contributed by atoms with E-state index >= 15 is 0 Å². The Hall–Kier alpha value is -2.86. The molecule has 148 valence electrons. The third kappa shape index (κ3) is 3.87. The number of benzene rings is 1. The number of nitrogens with one attached hydrogen (secondary N) is 2. The van der Waals surface area contributed by atoms with E-state index in [1.165, 1.54) is 11.1 Å². The molecule has 2 heterocycles. The summed E-state index contributed by atoms with van der Waals surface area (Å²) in [7, 11) is 0. The van der Waals surface area contributed by atoms with Crippen molar-refractivity contribution in [3.05, 3.63) is 64.6 Å². The van der Waals surface area contributed by atoms with Crippen molar-refractivity contribution in [1.82, 2.24) is 14.7 Å². The zero-order valence-corrected chi connectivity index (χ0v) is 16.9. The van der Waals surface area contributed by atoms with Crippen LogP contribution in [0.15, 0.2) is 36.5 Å². The molecular weight excluding hydrogens is 352 g/mol. The van der Waals surface area contributed by atoms with Gasteiger partial charge in [-0.1, -0.05) is 31.2 Å². The Labute approximate surface area is 165 Å². The van der Waals surface area contributed by atoms with Crippen LogP contribution in [-0.4, -0.2) is 33.6 Å². The first-order valence-electron chi connectivity index (χ1n) is 9.69. The van der Waals surface area contributed by atoms with E-state index in [2.05, 4.69) is 42.7 Å². The minimum Gasteiger partial charge on any atom is -0.395 e. The second-order valence-corrected chi connectivity index (χ2v) is 7.02. The van der Waals surface area contributed by atoms with E-state index in [0.29, 0.717) is 5.56 Å². The average Bonchev–Trinajstić information content (AvgIpc) is 3.00. The molecular formula is C22H28N4O2. The third-order valence-electron chi connectivity index (χ3n) is 5.13. The average molecular weight is 380 g/mol. The summed E-state index contributed by atoms with van der Waals surface area (Å²) >= 11 is 0. The zero-order chi connectivity index (χ0) is 20.3. The number of fused-ring (bicyclic) bond motifs is 1. The topological polar surface area (TPSA) is 78.7 Å². The summed E-state index contributed by atoms with van der Waals surface area (Å²) in [5.74, 6) is -0.216. The molecule has 0 aliphatic rings. The Bertz CT molecular complexity index is 994. The third-order valence-corrected chi connectivity index (χ3v) is 5.13. The Morgan fingerprint density at radius 1 is 1.29 bits per heavy atom. The van der Waals surface area contributed by atoms with Crippen LogP contribution >= 0.6 is 0 Å². The van der Waals surface area contributed by atoms with Crippen LogP contribution in [0, 0.1) is 13.8 Å². The molecule has 0 fully saturated rings. The monoisotopic (exact) mass is 380 g/mol. The maximum atomic E-state index is 12.5. The SMILES string of the molecule is CCc1ccccc1C(C)Nc1cc(C(=O)NCCO)cn2c(C)c(C)nc12. The standard InChI is InChI=1S/C22H28N4O2/c1-5-17-8-6-7-9-19(17)15(3)24-20-12-18(22(28)23-10-11-27)13-26-16(4)14(2)25-21(20)26/h6-9,12-13,15,24,27H,5,10-11H2,1-4H3,(H,23,28). The van der Waals surface area contributed by atoms with Gasteiger partial charge in [-0.05, 0) is 44.4 Å². The van der Waals surface area contributed by atoms with E-state index in [1.807, 2.05) is 30.4 Å². The number of aliphatic hydroxyl groups is 1. The number of anilines is 1. The molecule has 1 unspecified atom stereocenters. The van der Waals surface area contributed by atoms with Crippen LogP contribution in [0.5, 0.6) is 0 Å². The van der Waals surface area contributed by atoms with Gasteiger partial charge in [0, 0.05) is 24.5 Å². The number of rotatable bonds is 7. The molecule has 1 atom stereocenters. The lowest BCUT2D eigenvalue weighted by atomic mass is 9.99. The Morgan fingerprint density at radius 3 is 2.75 bits per heavy atom. The summed E-state index contributed by atoms with van der Waals surface area (Å²) in [5.41, 5.74) is 6.60. The van der Waals surface area contributed by atoms with Crippen molar-refractivity contribution in [1.29, 1.82) is 0 Å². The highest BCUT2D eigenvalue weighted by molar-refractivity contribution is 5.96. The number of carbonyl (C=O) groups is 1. The van der Waals surface area contributed by atoms with Gasteiger partial charge in [0.1, 0.15) is 0 Å². The van der Waals surface area contributed by atoms with Crippen LogP contribution in [0.25, 0.3) is 5.65 Å². The number of pyridine rings is 1. The van der Waals surface area contributed by atoms with Crippen molar-refractivity contribution in [2.75, 3.05) is 18.5 Å². The molecule has 0 spiro atoms. The molecule has 0 bridgehead atoms. The maximum absolute atomic E-state index is 12.5. The second kappa shape index (κ2) is 8.44. The van der Waals surface area contributed by atoms with Gasteiger partial charge in [0.05, 0.1) is 23.6 Å². The summed E-state index contributed by atoms with van der Waals surface area (Å²) in [6.45, 7) is 8.36. The van der Waals surface area contributed by atoms with Crippen LogP contribution in [0.1, 0.15) is 52.8 Å². The van der Waals surface area contributed by atoms with E-state index in [0.717, 1.165) is 29.1 Å². The molecule has 3 aromatic rings. The fraction of sp³-hybridized carbons (Fsp3) is 0.364. The summed E-state index contributed by atoms with van der Waals surface area (Å²) in [4.78, 5) is 17.2. The van der Waals surface area contributed by atoms with Gasteiger partial charge in [-0.25, -0.2) is 4.98 Å². The lowest BCUT2D eigenvalue weighted by Crippen LogP contribution is -2.26. The predicted octanol–water partition coefficient (Wildman–Crippen LogP) is 3.41. The minimum absolute atomic E-state index is 0.0630. The molecule has 1 amide bonds. The van der Waals surface area contributed by atoms with Gasteiger partial charge in [0.15, 0.2) is 5.65 Å². The van der Waals surface area contributed by atoms with Crippen molar-refractivity contribution >= 4 is 17.2 Å². The summed E-state index contributed by atoms with van der Waals surface area (Å²) in [5, 5.41) is 15.3. The Morgan fingerprint density at radius 2 is 2.04 bits per heavy atom. The molecule has 2 aromatic heterocycles. The molecule has 0 aliphatic carbocycles. The van der Waals surface area contributed by atoms with E-state index in [1.54, 1.807) is 6.20 Å². The van der Waals surface area contributed by atoms with Gasteiger partial charge in [-0.3, -0.25) is 4.79 Å². The van der Waals surface area contributed by atoms with Crippen LogP contribution in [0.3, 0.4) is 0 Å². The van der Waals surface area contributed by atoms with Crippen LogP contribution in [0.4, 0.5) is 5.69 Å². The lowest BCUT2D eigenvalue weighted by Gasteiger charge is -2.20. The molecule has 3 N–H and O–H groups in total. The first-order chi connectivity index (χ1) is 13.5. The summed E-state index contributed by atoms with van der Waals surface area (Å²) in [6.07, 6.45) is 2.76. The molecule has 28 heavy (non-hydrogen) atoms. The van der Waals surface area contributed by atoms with Gasteiger partial charge in [0.25, 0.3) is 5.91 Å². The van der Waals surface area contributed by atoms with Crippen molar-refractivity contribution in [2.45, 2.75) is 40.2 Å². The molecule has 0 radical (unpaired) electrons. The molecule has 0 saturated carbocycles. The van der Waals surface area contributed by atoms with E-state index in [9.17, 15) is 4.79 Å². The highest BCUT2D eigenvalue weighted by Crippen LogP contribution is 2.27. The lowest BCUT2D eigenvalue weighted by molar-refractivity contribution is 0.0944. The van der Waals surface area contributed by atoms with E-state index in [-0.39, 0.29) is 25.1 Å². The number of nitrogens with zero attached hydrogens (tertiary/aromatic N) is 2. The fourth-order valence-electron chi connectivity index (χ4n) is 3.46. The molecule has 1 aromatic carbocycles. The Kier molecular flexibility index (Phi) is 5.99. The molecule has 3 rings (SSSR count). The first-order valence-corrected chi connectivity index (χ1v) is 9.69. The fourth-order valence-corrected chi connectivity index (χ4v) is 3.46. The van der Waals surface area contributed by atoms with Crippen LogP contribution < -0.4 is 10.6 Å². The largest absolute Gasteiger partial charge is 0.395 e. The van der Waals surface area contributed by atoms with Crippen molar-refractivity contribution in [3.8, 4) is 0 Å². The van der Waals surface area contributed by atoms with E-state index in [4.69, 9.17) is 10.1 Å². The molecule has 0 saturated heterocycles. The number of imidazole rings is 1. The molecule has 0 aliphatic heterocycles. The highest BCUT2D eigenvalue weighted by atomic mass is 16.3. The summed E-state index contributed by atoms with van der Waals surface area (Å²) < 4.78 is 1.95. The van der Waals surface area contributed by atoms with Gasteiger partial charge >= 0.3 is 0 Å². The Balaban J connectivity index is 2.03. The first kappa shape index (κ1) is 19.9. The highest BCUT2D eigenvalue weighted by Gasteiger charge is 2.17. The van der Waals surface area contributed by atoms with Crippen molar-refractivity contribution < 1.29 is 9.90 Å². The number of hydrogen-bond acceptors (Lipinski definition) is 4. The number of aromatic nitrogens is 2. The number of amides is 1. The smallest absolute Gasteiger partial charge is 0.252 e. The van der Waals surface area contributed by atoms with E-state index < -0.39 is 0 Å². The van der Waals surface area contributed by atoms with Gasteiger partial charge in [-0.2, -0.15) is 0 Å². The summed E-state index contributed by atoms with van der Waals surface area (Å²) in [6, 6.07) is 10.3. The second-order valence-electron chi connectivity index (χ2n) is 7.02. The number of hydrogen-bond donors (Lipinski definition) is 3. The predicted molar refractivity (Wildman–Crippen MR) is 112 cm³/mol. The molecule has 6 nitrogen and oxygen atoms in total. The maximum Gasteiger partial charge on any atom is 0.252 e. The van der Waals surface area contributed by atoms with Crippen molar-refractivity contribution in [2.24, 2.45) is 0 Å². The zero-order valence-electron chi connectivity index (χ0n) is 16.9. The van der Waals surface area contributed by atoms with Crippen molar-refractivity contribution in [3.63, 3.8) is 0 Å². The normalized spacial score (nSPS) is 12.2. The molecule has 6 heteroatoms.